The average molecular weight is 428 g/mol. The van der Waals surface area contributed by atoms with Crippen molar-refractivity contribution < 1.29 is 21.6 Å². The fourth-order valence-electron chi connectivity index (χ4n) is 2.35. The molecule has 4 aromatic rings. The summed E-state index contributed by atoms with van der Waals surface area (Å²) in [4.78, 5) is 14.6. The highest BCUT2D eigenvalue weighted by Gasteiger charge is 2.19. The Morgan fingerprint density at radius 3 is 2.54 bits per heavy atom. The van der Waals surface area contributed by atoms with Gasteiger partial charge in [0.25, 0.3) is 20.8 Å². The lowest BCUT2D eigenvalue weighted by Gasteiger charge is -2.07. The highest BCUT2D eigenvalue weighted by atomic mass is 35.7. The number of nitrogens with one attached hydrogen (secondary N) is 2. The zero-order valence-corrected chi connectivity index (χ0v) is 15.0. The van der Waals surface area contributed by atoms with E-state index in [-0.39, 0.29) is 27.8 Å². The van der Waals surface area contributed by atoms with Crippen LogP contribution in [0.3, 0.4) is 0 Å². The van der Waals surface area contributed by atoms with Crippen LogP contribution >= 0.6 is 10.7 Å². The number of halogens is 3. The number of aromatic nitrogens is 6. The van der Waals surface area contributed by atoms with Crippen molar-refractivity contribution in [2.75, 3.05) is 5.32 Å². The second-order valence-electron chi connectivity index (χ2n) is 5.38. The molecule has 0 atom stereocenters. The summed E-state index contributed by atoms with van der Waals surface area (Å²) in [5, 5.41) is 9.54. The third kappa shape index (κ3) is 3.48. The Hall–Kier alpha value is -3.19. The SMILES string of the molecule is O=S(=O)(Cl)c1cc(Nc2ncc(-c3nnc(C(F)F)o3)cn2)cc2[nH]cnc12. The molecular formula is C14H8ClF2N7O3S. The molecule has 0 aliphatic rings. The number of H-pyrrole nitrogens is 1. The van der Waals surface area contributed by atoms with E-state index in [0.717, 1.165) is 0 Å². The monoisotopic (exact) mass is 427 g/mol. The van der Waals surface area contributed by atoms with E-state index in [1.807, 2.05) is 0 Å². The predicted molar refractivity (Wildman–Crippen MR) is 92.7 cm³/mol. The second kappa shape index (κ2) is 6.76. The van der Waals surface area contributed by atoms with Gasteiger partial charge in [0.15, 0.2) is 0 Å². The van der Waals surface area contributed by atoms with Crippen LogP contribution in [0, 0.1) is 0 Å². The second-order valence-corrected chi connectivity index (χ2v) is 7.91. The molecule has 0 radical (unpaired) electrons. The van der Waals surface area contributed by atoms with Gasteiger partial charge in [0.2, 0.25) is 5.95 Å². The summed E-state index contributed by atoms with van der Waals surface area (Å²) in [6, 6.07) is 2.88. The van der Waals surface area contributed by atoms with Crippen molar-refractivity contribution in [2.24, 2.45) is 0 Å². The summed E-state index contributed by atoms with van der Waals surface area (Å²) >= 11 is 0. The van der Waals surface area contributed by atoms with Crippen LogP contribution in [-0.4, -0.2) is 38.6 Å². The Bertz CT molecular complexity index is 1260. The molecule has 14 heteroatoms. The van der Waals surface area contributed by atoms with E-state index < -0.39 is 21.4 Å². The van der Waals surface area contributed by atoms with Gasteiger partial charge in [0.1, 0.15) is 10.4 Å². The maximum Gasteiger partial charge on any atom is 0.314 e. The molecule has 144 valence electrons. The van der Waals surface area contributed by atoms with Gasteiger partial charge >= 0.3 is 6.43 Å². The average Bonchev–Trinajstić information content (AvgIpc) is 3.30. The van der Waals surface area contributed by atoms with Crippen molar-refractivity contribution in [3.05, 3.63) is 36.7 Å². The van der Waals surface area contributed by atoms with Gasteiger partial charge in [0, 0.05) is 28.8 Å². The van der Waals surface area contributed by atoms with Crippen molar-refractivity contribution >= 4 is 42.4 Å². The number of benzene rings is 1. The Morgan fingerprint density at radius 1 is 1.14 bits per heavy atom. The van der Waals surface area contributed by atoms with E-state index in [9.17, 15) is 17.2 Å². The summed E-state index contributed by atoms with van der Waals surface area (Å²) in [5.41, 5.74) is 1.20. The van der Waals surface area contributed by atoms with Crippen LogP contribution in [-0.2, 0) is 9.05 Å². The number of imidazole rings is 1. The molecule has 0 aliphatic heterocycles. The predicted octanol–water partition coefficient (Wildman–Crippen LogP) is 3.01. The van der Waals surface area contributed by atoms with Gasteiger partial charge in [-0.15, -0.1) is 10.2 Å². The van der Waals surface area contributed by atoms with Crippen LogP contribution in [0.4, 0.5) is 20.4 Å². The molecule has 0 saturated heterocycles. The van der Waals surface area contributed by atoms with Crippen molar-refractivity contribution in [1.29, 1.82) is 0 Å². The van der Waals surface area contributed by atoms with E-state index in [4.69, 9.17) is 15.1 Å². The summed E-state index contributed by atoms with van der Waals surface area (Å²) in [7, 11) is 1.42. The van der Waals surface area contributed by atoms with E-state index in [2.05, 4.69) is 35.5 Å². The van der Waals surface area contributed by atoms with E-state index in [1.165, 1.54) is 24.8 Å². The maximum atomic E-state index is 12.5. The first-order valence-electron chi connectivity index (χ1n) is 7.44. The van der Waals surface area contributed by atoms with Crippen molar-refractivity contribution in [1.82, 2.24) is 30.1 Å². The summed E-state index contributed by atoms with van der Waals surface area (Å²) < 4.78 is 53.4. The molecule has 0 saturated carbocycles. The van der Waals surface area contributed by atoms with Crippen molar-refractivity contribution in [2.45, 2.75) is 11.3 Å². The Morgan fingerprint density at radius 2 is 1.89 bits per heavy atom. The molecule has 0 unspecified atom stereocenters. The van der Waals surface area contributed by atoms with Crippen molar-refractivity contribution in [3.8, 4) is 11.5 Å². The number of alkyl halides is 2. The molecule has 2 N–H and O–H groups in total. The molecule has 10 nitrogen and oxygen atoms in total. The zero-order valence-electron chi connectivity index (χ0n) is 13.5. The van der Waals surface area contributed by atoms with E-state index in [1.54, 1.807) is 6.07 Å². The Balaban J connectivity index is 1.62. The van der Waals surface area contributed by atoms with Gasteiger partial charge in [-0.05, 0) is 12.1 Å². The summed E-state index contributed by atoms with van der Waals surface area (Å²) in [5.74, 6) is -0.856. The molecule has 0 amide bonds. The van der Waals surface area contributed by atoms with Gasteiger partial charge < -0.3 is 14.7 Å². The fraction of sp³-hybridized carbons (Fsp3) is 0.0714. The van der Waals surface area contributed by atoms with E-state index in [0.29, 0.717) is 11.2 Å². The molecule has 0 aliphatic carbocycles. The first kappa shape index (κ1) is 18.2. The standard InChI is InChI=1S/C14H8ClF2N7O3S/c15-28(25,26)9-2-7(1-8-10(9)21-5-20-8)22-14-18-3-6(4-19-14)12-23-24-13(27-12)11(16)17/h1-5,11H,(H,20,21)(H,18,19,22). The van der Waals surface area contributed by atoms with Crippen LogP contribution in [0.15, 0.2) is 40.2 Å². The molecule has 3 heterocycles. The highest BCUT2D eigenvalue weighted by Crippen LogP contribution is 2.29. The number of hydrogen-bond acceptors (Lipinski definition) is 9. The first-order valence-corrected chi connectivity index (χ1v) is 9.75. The smallest absolute Gasteiger partial charge is 0.314 e. The van der Waals surface area contributed by atoms with Gasteiger partial charge in [0.05, 0.1) is 17.4 Å². The molecule has 4 rings (SSSR count). The minimum atomic E-state index is -4.04. The summed E-state index contributed by atoms with van der Waals surface area (Å²) in [6.07, 6.45) is 1.02. The molecular weight excluding hydrogens is 420 g/mol. The third-order valence-electron chi connectivity index (χ3n) is 3.53. The molecule has 28 heavy (non-hydrogen) atoms. The number of anilines is 2. The number of rotatable bonds is 5. The van der Waals surface area contributed by atoms with Crippen LogP contribution in [0.25, 0.3) is 22.5 Å². The van der Waals surface area contributed by atoms with Crippen LogP contribution < -0.4 is 5.32 Å². The zero-order chi connectivity index (χ0) is 19.9. The minimum absolute atomic E-state index is 0.106. The normalized spacial score (nSPS) is 12.0. The lowest BCUT2D eigenvalue weighted by atomic mass is 10.2. The number of aromatic amines is 1. The maximum absolute atomic E-state index is 12.5. The lowest BCUT2D eigenvalue weighted by molar-refractivity contribution is 0.116. The van der Waals surface area contributed by atoms with Crippen LogP contribution in [0.5, 0.6) is 0 Å². The topological polar surface area (TPSA) is 140 Å². The fourth-order valence-corrected chi connectivity index (χ4v) is 3.36. The molecule has 0 fully saturated rings. The van der Waals surface area contributed by atoms with Crippen LogP contribution in [0.2, 0.25) is 0 Å². The van der Waals surface area contributed by atoms with Crippen LogP contribution in [0.1, 0.15) is 12.3 Å². The Kier molecular flexibility index (Phi) is 4.39. The number of hydrogen-bond donors (Lipinski definition) is 2. The minimum Gasteiger partial charge on any atom is -0.415 e. The molecule has 1 aromatic carbocycles. The van der Waals surface area contributed by atoms with Gasteiger partial charge in [-0.25, -0.2) is 23.4 Å². The quantitative estimate of drug-likeness (QED) is 0.460. The summed E-state index contributed by atoms with van der Waals surface area (Å²) in [6.45, 7) is 0. The number of nitrogens with zero attached hydrogens (tertiary/aromatic N) is 5. The molecule has 0 spiro atoms. The first-order chi connectivity index (χ1) is 13.3. The lowest BCUT2D eigenvalue weighted by Crippen LogP contribution is -1.99. The molecule has 0 bridgehead atoms. The van der Waals surface area contributed by atoms with Crippen molar-refractivity contribution in [3.63, 3.8) is 0 Å². The number of fused-ring (bicyclic) bond motifs is 1. The van der Waals surface area contributed by atoms with E-state index >= 15 is 0 Å². The van der Waals surface area contributed by atoms with Gasteiger partial charge in [-0.1, -0.05) is 0 Å². The Labute approximate surface area is 159 Å². The molecule has 3 aromatic heterocycles. The highest BCUT2D eigenvalue weighted by molar-refractivity contribution is 8.14. The largest absolute Gasteiger partial charge is 0.415 e. The van der Waals surface area contributed by atoms with Gasteiger partial charge in [-0.2, -0.15) is 8.78 Å². The third-order valence-corrected chi connectivity index (χ3v) is 4.87. The van der Waals surface area contributed by atoms with Gasteiger partial charge in [-0.3, -0.25) is 0 Å².